The van der Waals surface area contributed by atoms with Crippen molar-refractivity contribution in [1.82, 2.24) is 4.72 Å². The van der Waals surface area contributed by atoms with Crippen LogP contribution in [0.15, 0.2) is 17.5 Å². The van der Waals surface area contributed by atoms with E-state index < -0.39 is 11.4 Å². The van der Waals surface area contributed by atoms with E-state index in [9.17, 15) is 4.55 Å². The molecule has 0 saturated carbocycles. The summed E-state index contributed by atoms with van der Waals surface area (Å²) in [5.41, 5.74) is 0. The van der Waals surface area contributed by atoms with Gasteiger partial charge in [-0.25, -0.2) is 0 Å². The zero-order chi connectivity index (χ0) is 12.3. The summed E-state index contributed by atoms with van der Waals surface area (Å²) < 4.78 is 15.1. The summed E-state index contributed by atoms with van der Waals surface area (Å²) in [4.78, 5) is 1.26. The summed E-state index contributed by atoms with van der Waals surface area (Å²) in [7, 11) is 0. The average molecular weight is 259 g/mol. The summed E-state index contributed by atoms with van der Waals surface area (Å²) in [5, 5.41) is 2.06. The predicted molar refractivity (Wildman–Crippen MR) is 72.9 cm³/mol. The second-order valence-electron chi connectivity index (χ2n) is 5.24. The summed E-state index contributed by atoms with van der Waals surface area (Å²) in [6.07, 6.45) is 0. The summed E-state index contributed by atoms with van der Waals surface area (Å²) in [6.45, 7) is 10.3. The lowest BCUT2D eigenvalue weighted by Crippen LogP contribution is -2.42. The molecule has 1 N–H and O–H groups in total. The molecule has 16 heavy (non-hydrogen) atoms. The molecule has 2 atom stereocenters. The molecule has 1 rings (SSSR count). The van der Waals surface area contributed by atoms with Crippen molar-refractivity contribution in [3.63, 3.8) is 0 Å². The topological polar surface area (TPSA) is 35.1 Å². The summed E-state index contributed by atoms with van der Waals surface area (Å²) >= 11 is 0.699. The Balaban J connectivity index is 2.74. The number of hydrogen-bond donors (Lipinski definition) is 1. The molecular weight excluding hydrogens is 238 g/mol. The van der Waals surface area contributed by atoms with E-state index in [1.165, 1.54) is 4.88 Å². The Morgan fingerprint density at radius 1 is 1.38 bits per heavy atom. The normalized spacial score (nSPS) is 16.4. The first-order valence-electron chi connectivity index (χ1n) is 5.54. The molecule has 0 amide bonds. The first kappa shape index (κ1) is 14.0. The van der Waals surface area contributed by atoms with Crippen molar-refractivity contribution in [2.75, 3.05) is 0 Å². The Hall–Kier alpha value is -0.0300. The van der Waals surface area contributed by atoms with Crippen LogP contribution in [0, 0.1) is 5.92 Å². The number of thiophene rings is 1. The lowest BCUT2D eigenvalue weighted by Gasteiger charge is -2.29. The quantitative estimate of drug-likeness (QED) is 0.840. The van der Waals surface area contributed by atoms with E-state index in [-0.39, 0.29) is 10.8 Å². The van der Waals surface area contributed by atoms with Crippen LogP contribution in [0.25, 0.3) is 0 Å². The van der Waals surface area contributed by atoms with E-state index in [2.05, 4.69) is 30.0 Å². The molecule has 1 aromatic rings. The van der Waals surface area contributed by atoms with Gasteiger partial charge in [0.2, 0.25) is 0 Å². The van der Waals surface area contributed by atoms with Gasteiger partial charge in [-0.15, -0.1) is 16.1 Å². The minimum absolute atomic E-state index is 0.181. The molecule has 0 unspecified atom stereocenters. The third kappa shape index (κ3) is 3.77. The molecule has 1 heterocycles. The van der Waals surface area contributed by atoms with Gasteiger partial charge in [-0.1, -0.05) is 19.9 Å². The second-order valence-corrected chi connectivity index (χ2v) is 8.21. The highest BCUT2D eigenvalue weighted by Gasteiger charge is 2.31. The van der Waals surface area contributed by atoms with Gasteiger partial charge in [-0.3, -0.25) is 0 Å². The monoisotopic (exact) mass is 259 g/mol. The van der Waals surface area contributed by atoms with Crippen LogP contribution in [0.5, 0.6) is 0 Å². The molecule has 0 spiro atoms. The van der Waals surface area contributed by atoms with Gasteiger partial charge in [0.25, 0.3) is 0 Å². The largest absolute Gasteiger partial charge is 0.598 e. The van der Waals surface area contributed by atoms with Crippen LogP contribution < -0.4 is 4.72 Å². The first-order valence-corrected chi connectivity index (χ1v) is 7.56. The van der Waals surface area contributed by atoms with Crippen LogP contribution in [-0.2, 0) is 11.4 Å². The van der Waals surface area contributed by atoms with Gasteiger partial charge < -0.3 is 4.55 Å². The van der Waals surface area contributed by atoms with Crippen LogP contribution in [0.2, 0.25) is 0 Å². The van der Waals surface area contributed by atoms with Gasteiger partial charge >= 0.3 is 0 Å². The molecule has 0 aliphatic heterocycles. The highest BCUT2D eigenvalue weighted by Crippen LogP contribution is 2.28. The molecule has 92 valence electrons. The van der Waals surface area contributed by atoms with E-state index in [0.717, 1.165) is 0 Å². The smallest absolute Gasteiger partial charge is 0.136 e. The van der Waals surface area contributed by atoms with Gasteiger partial charge in [-0.05, 0) is 38.1 Å². The molecule has 0 aliphatic carbocycles. The van der Waals surface area contributed by atoms with Crippen LogP contribution in [0.1, 0.15) is 45.5 Å². The van der Waals surface area contributed by atoms with Gasteiger partial charge in [0, 0.05) is 16.2 Å². The van der Waals surface area contributed by atoms with Crippen LogP contribution in [-0.4, -0.2) is 9.30 Å². The number of hydrogen-bond acceptors (Lipinski definition) is 3. The minimum Gasteiger partial charge on any atom is -0.598 e. The molecule has 0 radical (unpaired) electrons. The Kier molecular flexibility index (Phi) is 4.86. The van der Waals surface area contributed by atoms with Crippen LogP contribution in [0.4, 0.5) is 0 Å². The van der Waals surface area contributed by atoms with Gasteiger partial charge in [0.05, 0.1) is 6.04 Å². The highest BCUT2D eigenvalue weighted by molar-refractivity contribution is 7.90. The maximum atomic E-state index is 12.1. The van der Waals surface area contributed by atoms with E-state index in [1.807, 2.05) is 26.8 Å². The number of rotatable bonds is 4. The van der Waals surface area contributed by atoms with Crippen molar-refractivity contribution in [2.45, 2.75) is 45.4 Å². The SMILES string of the molecule is CC(C)[C@H](N[S@+]([O-])C(C)(C)C)c1cccs1. The Morgan fingerprint density at radius 2 is 2.00 bits per heavy atom. The fourth-order valence-electron chi connectivity index (χ4n) is 1.28. The fourth-order valence-corrected chi connectivity index (χ4v) is 3.29. The average Bonchev–Trinajstić information content (AvgIpc) is 2.63. The summed E-state index contributed by atoms with van der Waals surface area (Å²) in [5.74, 6) is 0.435. The maximum absolute atomic E-state index is 12.1. The molecule has 0 saturated heterocycles. The van der Waals surface area contributed by atoms with Crippen molar-refractivity contribution >= 4 is 22.7 Å². The standard InChI is InChI=1S/C12H21NOS2/c1-9(2)11(10-7-6-8-15-10)13-16(14)12(3,4)5/h6-9,11,13H,1-5H3/t11-,16+/m0/s1. The van der Waals surface area contributed by atoms with Gasteiger partial charge in [0.15, 0.2) is 0 Å². The van der Waals surface area contributed by atoms with Crippen molar-refractivity contribution in [3.05, 3.63) is 22.4 Å². The van der Waals surface area contributed by atoms with E-state index >= 15 is 0 Å². The Labute approximate surface area is 106 Å². The summed E-state index contributed by atoms with van der Waals surface area (Å²) in [6, 6.07) is 4.32. The Bertz CT molecular complexity index is 303. The fraction of sp³-hybridized carbons (Fsp3) is 0.667. The molecule has 1 aromatic heterocycles. The van der Waals surface area contributed by atoms with Gasteiger partial charge in [-0.2, -0.15) is 0 Å². The molecule has 4 heteroatoms. The van der Waals surface area contributed by atoms with Crippen molar-refractivity contribution in [1.29, 1.82) is 0 Å². The van der Waals surface area contributed by atoms with Crippen molar-refractivity contribution in [3.8, 4) is 0 Å². The van der Waals surface area contributed by atoms with E-state index in [4.69, 9.17) is 0 Å². The van der Waals surface area contributed by atoms with Gasteiger partial charge in [0.1, 0.15) is 4.75 Å². The molecule has 2 nitrogen and oxygen atoms in total. The highest BCUT2D eigenvalue weighted by atomic mass is 32.2. The molecule has 0 fully saturated rings. The molecular formula is C12H21NOS2. The van der Waals surface area contributed by atoms with Crippen LogP contribution in [0.3, 0.4) is 0 Å². The lowest BCUT2D eigenvalue weighted by atomic mass is 10.0. The zero-order valence-corrected chi connectivity index (χ0v) is 12.2. The van der Waals surface area contributed by atoms with E-state index in [0.29, 0.717) is 5.92 Å². The Morgan fingerprint density at radius 3 is 2.38 bits per heavy atom. The number of nitrogens with one attached hydrogen (secondary N) is 1. The van der Waals surface area contributed by atoms with Crippen LogP contribution >= 0.6 is 11.3 Å². The maximum Gasteiger partial charge on any atom is 0.136 e. The second kappa shape index (κ2) is 5.54. The molecule has 0 aromatic carbocycles. The lowest BCUT2D eigenvalue weighted by molar-refractivity contribution is 0.457. The third-order valence-corrected chi connectivity index (χ3v) is 4.84. The minimum atomic E-state index is -1.02. The van der Waals surface area contributed by atoms with Crippen molar-refractivity contribution in [2.24, 2.45) is 5.92 Å². The first-order chi connectivity index (χ1) is 7.32. The molecule has 0 aliphatic rings. The van der Waals surface area contributed by atoms with Crippen molar-refractivity contribution < 1.29 is 4.55 Å². The predicted octanol–water partition coefficient (Wildman–Crippen LogP) is 3.50. The zero-order valence-electron chi connectivity index (χ0n) is 10.6. The van der Waals surface area contributed by atoms with E-state index in [1.54, 1.807) is 11.3 Å². The third-order valence-electron chi connectivity index (χ3n) is 2.31. The molecule has 0 bridgehead atoms.